The molecule has 0 aliphatic heterocycles. The summed E-state index contributed by atoms with van der Waals surface area (Å²) in [4.78, 5) is 17.7. The number of hydrogen-bond acceptors (Lipinski definition) is 5. The molecule has 104 valence electrons. The first kappa shape index (κ1) is 13.9. The van der Waals surface area contributed by atoms with Crippen LogP contribution in [0, 0.1) is 0 Å². The Morgan fingerprint density at radius 2 is 2.05 bits per heavy atom. The average Bonchev–Trinajstić information content (AvgIpc) is 2.47. The molecule has 1 aromatic heterocycles. The first-order valence-electron chi connectivity index (χ1n) is 6.19. The monoisotopic (exact) mass is 271 g/mol. The summed E-state index contributed by atoms with van der Waals surface area (Å²) < 4.78 is 4.69. The molecule has 0 unspecified atom stereocenters. The normalized spacial score (nSPS) is 9.95. The highest BCUT2D eigenvalue weighted by Crippen LogP contribution is 2.21. The highest BCUT2D eigenvalue weighted by atomic mass is 16.5. The third-order valence-corrected chi connectivity index (χ3v) is 2.82. The van der Waals surface area contributed by atoms with Crippen molar-refractivity contribution >= 4 is 23.2 Å². The smallest absolute Gasteiger partial charge is 0.338 e. The number of hydrogen-bond donors (Lipinski definition) is 1. The van der Waals surface area contributed by atoms with E-state index in [4.69, 9.17) is 4.74 Å². The Labute approximate surface area is 118 Å². The number of nitrogens with one attached hydrogen (secondary N) is 1. The van der Waals surface area contributed by atoms with Crippen molar-refractivity contribution < 1.29 is 9.53 Å². The molecule has 0 fully saturated rings. The number of rotatable bonds is 4. The van der Waals surface area contributed by atoms with Crippen LogP contribution < -0.4 is 10.2 Å². The van der Waals surface area contributed by atoms with Crippen molar-refractivity contribution in [3.05, 3.63) is 48.2 Å². The van der Waals surface area contributed by atoms with Crippen molar-refractivity contribution in [3.63, 3.8) is 0 Å². The number of ether oxygens (including phenoxy) is 1. The largest absolute Gasteiger partial charge is 0.465 e. The lowest BCUT2D eigenvalue weighted by Crippen LogP contribution is -2.08. The molecule has 0 spiro atoms. The van der Waals surface area contributed by atoms with Gasteiger partial charge in [-0.2, -0.15) is 0 Å². The molecule has 2 aromatic rings. The maximum atomic E-state index is 11.5. The van der Waals surface area contributed by atoms with Crippen LogP contribution in [-0.4, -0.2) is 32.2 Å². The Balaban J connectivity index is 2.21. The van der Waals surface area contributed by atoms with Gasteiger partial charge < -0.3 is 15.0 Å². The molecule has 5 nitrogen and oxygen atoms in total. The summed E-state index contributed by atoms with van der Waals surface area (Å²) in [6, 6.07) is 11.2. The van der Waals surface area contributed by atoms with E-state index < -0.39 is 0 Å². The Kier molecular flexibility index (Phi) is 4.20. The summed E-state index contributed by atoms with van der Waals surface area (Å²) in [5.41, 5.74) is 2.46. The van der Waals surface area contributed by atoms with Crippen LogP contribution in [0.3, 0.4) is 0 Å². The van der Waals surface area contributed by atoms with Crippen LogP contribution in [0.4, 0.5) is 17.2 Å². The van der Waals surface area contributed by atoms with Gasteiger partial charge in [0.05, 0.1) is 12.7 Å². The molecular formula is C15H17N3O2. The van der Waals surface area contributed by atoms with Crippen LogP contribution in [0.15, 0.2) is 42.6 Å². The lowest BCUT2D eigenvalue weighted by Gasteiger charge is -2.14. The van der Waals surface area contributed by atoms with E-state index in [9.17, 15) is 4.79 Å². The van der Waals surface area contributed by atoms with Gasteiger partial charge in [0.1, 0.15) is 5.82 Å². The molecule has 0 atom stereocenters. The van der Waals surface area contributed by atoms with Crippen LogP contribution in [0.25, 0.3) is 0 Å². The van der Waals surface area contributed by atoms with Crippen molar-refractivity contribution in [3.8, 4) is 0 Å². The summed E-state index contributed by atoms with van der Waals surface area (Å²) in [5.74, 6) is 0.223. The van der Waals surface area contributed by atoms with Crippen LogP contribution in [0.1, 0.15) is 10.4 Å². The number of esters is 1. The van der Waals surface area contributed by atoms with Crippen LogP contribution in [0.5, 0.6) is 0 Å². The molecule has 0 saturated heterocycles. The van der Waals surface area contributed by atoms with Crippen molar-refractivity contribution in [1.82, 2.24) is 4.98 Å². The second-order valence-electron chi connectivity index (χ2n) is 4.49. The predicted molar refractivity (Wildman–Crippen MR) is 79.6 cm³/mol. The molecule has 2 rings (SSSR count). The summed E-state index contributed by atoms with van der Waals surface area (Å²) in [5, 5.41) is 3.17. The molecule has 1 aromatic carbocycles. The van der Waals surface area contributed by atoms with Crippen molar-refractivity contribution in [2.75, 3.05) is 31.4 Å². The van der Waals surface area contributed by atoms with Gasteiger partial charge in [0.2, 0.25) is 0 Å². The highest BCUT2D eigenvalue weighted by Gasteiger charge is 2.06. The van der Waals surface area contributed by atoms with E-state index in [0.29, 0.717) is 11.4 Å². The Bertz CT molecular complexity index is 612. The van der Waals surface area contributed by atoms with Gasteiger partial charge in [-0.25, -0.2) is 9.78 Å². The molecule has 0 aliphatic rings. The second-order valence-corrected chi connectivity index (χ2v) is 4.49. The van der Waals surface area contributed by atoms with Gasteiger partial charge in [-0.3, -0.25) is 0 Å². The Hall–Kier alpha value is -2.56. The third-order valence-electron chi connectivity index (χ3n) is 2.82. The molecule has 1 heterocycles. The van der Waals surface area contributed by atoms with E-state index in [1.54, 1.807) is 18.3 Å². The first-order chi connectivity index (χ1) is 9.60. The number of methoxy groups -OCH3 is 1. The maximum Gasteiger partial charge on any atom is 0.338 e. The molecular weight excluding hydrogens is 254 g/mol. The van der Waals surface area contributed by atoms with Gasteiger partial charge in [0.15, 0.2) is 0 Å². The zero-order chi connectivity index (χ0) is 14.5. The third kappa shape index (κ3) is 3.26. The standard InChI is InChI=1S/C15H17N3O2/c1-18(2)13-6-4-5-12(10-13)17-14-9-11(7-8-16-14)15(19)20-3/h4-10H,1-3H3,(H,16,17). The Morgan fingerprint density at radius 1 is 1.25 bits per heavy atom. The molecule has 0 aliphatic carbocycles. The van der Waals surface area contributed by atoms with Gasteiger partial charge >= 0.3 is 5.97 Å². The predicted octanol–water partition coefficient (Wildman–Crippen LogP) is 2.68. The zero-order valence-corrected chi connectivity index (χ0v) is 11.8. The Morgan fingerprint density at radius 3 is 2.75 bits per heavy atom. The summed E-state index contributed by atoms with van der Waals surface area (Å²) >= 11 is 0. The van der Waals surface area contributed by atoms with Crippen LogP contribution >= 0.6 is 0 Å². The number of benzene rings is 1. The first-order valence-corrected chi connectivity index (χ1v) is 6.19. The average molecular weight is 271 g/mol. The van der Waals surface area contributed by atoms with Gasteiger partial charge in [0, 0.05) is 31.7 Å². The number of carbonyl (C=O) groups is 1. The topological polar surface area (TPSA) is 54.5 Å². The lowest BCUT2D eigenvalue weighted by atomic mass is 10.2. The SMILES string of the molecule is COC(=O)c1ccnc(Nc2cccc(N(C)C)c2)c1. The lowest BCUT2D eigenvalue weighted by molar-refractivity contribution is 0.0600. The maximum absolute atomic E-state index is 11.5. The molecule has 0 saturated carbocycles. The summed E-state index contributed by atoms with van der Waals surface area (Å²) in [6.07, 6.45) is 1.57. The van der Waals surface area contributed by atoms with Crippen molar-refractivity contribution in [2.45, 2.75) is 0 Å². The number of carbonyl (C=O) groups excluding carboxylic acids is 1. The quantitative estimate of drug-likeness (QED) is 0.866. The van der Waals surface area contributed by atoms with E-state index in [2.05, 4.69) is 10.3 Å². The van der Waals surface area contributed by atoms with Crippen molar-refractivity contribution in [1.29, 1.82) is 0 Å². The summed E-state index contributed by atoms with van der Waals surface area (Å²) in [7, 11) is 5.32. The van der Waals surface area contributed by atoms with E-state index in [1.807, 2.05) is 43.3 Å². The minimum absolute atomic E-state index is 0.377. The number of nitrogens with zero attached hydrogens (tertiary/aromatic N) is 2. The minimum atomic E-state index is -0.377. The van der Waals surface area contributed by atoms with E-state index in [-0.39, 0.29) is 5.97 Å². The molecule has 0 amide bonds. The second kappa shape index (κ2) is 6.06. The highest BCUT2D eigenvalue weighted by molar-refractivity contribution is 5.90. The fourth-order valence-electron chi connectivity index (χ4n) is 1.75. The molecule has 0 bridgehead atoms. The molecule has 1 N–H and O–H groups in total. The van der Waals surface area contributed by atoms with Crippen molar-refractivity contribution in [2.24, 2.45) is 0 Å². The van der Waals surface area contributed by atoms with E-state index in [0.717, 1.165) is 11.4 Å². The van der Waals surface area contributed by atoms with Gasteiger partial charge in [-0.1, -0.05) is 6.07 Å². The van der Waals surface area contributed by atoms with Gasteiger partial charge in [-0.05, 0) is 30.3 Å². The van der Waals surface area contributed by atoms with Gasteiger partial charge in [-0.15, -0.1) is 0 Å². The fraction of sp³-hybridized carbons (Fsp3) is 0.200. The fourth-order valence-corrected chi connectivity index (χ4v) is 1.75. The summed E-state index contributed by atoms with van der Waals surface area (Å²) in [6.45, 7) is 0. The van der Waals surface area contributed by atoms with E-state index in [1.165, 1.54) is 7.11 Å². The minimum Gasteiger partial charge on any atom is -0.465 e. The van der Waals surface area contributed by atoms with E-state index >= 15 is 0 Å². The number of aromatic nitrogens is 1. The molecule has 0 radical (unpaired) electrons. The number of pyridine rings is 1. The molecule has 5 heteroatoms. The van der Waals surface area contributed by atoms with Crippen LogP contribution in [0.2, 0.25) is 0 Å². The zero-order valence-electron chi connectivity index (χ0n) is 11.8. The number of anilines is 3. The molecule has 20 heavy (non-hydrogen) atoms. The van der Waals surface area contributed by atoms with Gasteiger partial charge in [0.25, 0.3) is 0 Å². The van der Waals surface area contributed by atoms with Crippen LogP contribution in [-0.2, 0) is 4.74 Å².